The van der Waals surface area contributed by atoms with E-state index in [9.17, 15) is 39.6 Å². The van der Waals surface area contributed by atoms with Crippen molar-refractivity contribution in [2.75, 3.05) is 6.54 Å². The minimum Gasteiger partial charge on any atom is -0.508 e. The lowest BCUT2D eigenvalue weighted by atomic mass is 10.0. The minimum atomic E-state index is -1.53. The summed E-state index contributed by atoms with van der Waals surface area (Å²) in [5.74, 6) is -3.72. The highest BCUT2D eigenvalue weighted by molar-refractivity contribution is 5.94. The Balaban J connectivity index is 2.15. The van der Waals surface area contributed by atoms with Crippen molar-refractivity contribution >= 4 is 23.7 Å². The van der Waals surface area contributed by atoms with Crippen molar-refractivity contribution < 1.29 is 39.6 Å². The average molecular weight is 503 g/mol. The number of carboxylic acid groups (broad SMARTS) is 1. The second-order valence-electron chi connectivity index (χ2n) is 8.19. The van der Waals surface area contributed by atoms with Crippen molar-refractivity contribution in [2.24, 2.45) is 5.73 Å². The van der Waals surface area contributed by atoms with Gasteiger partial charge in [-0.1, -0.05) is 24.3 Å². The number of hydrogen-bond donors (Lipinski definition) is 8. The number of amides is 3. The fourth-order valence-electron chi connectivity index (χ4n) is 3.32. The van der Waals surface area contributed by atoms with Gasteiger partial charge in [-0.15, -0.1) is 0 Å². The first-order valence-corrected chi connectivity index (χ1v) is 11.1. The van der Waals surface area contributed by atoms with Crippen LogP contribution in [0.25, 0.3) is 0 Å². The van der Waals surface area contributed by atoms with Crippen LogP contribution in [0.1, 0.15) is 18.1 Å². The van der Waals surface area contributed by atoms with Gasteiger partial charge in [0.15, 0.2) is 0 Å². The summed E-state index contributed by atoms with van der Waals surface area (Å²) < 4.78 is 0. The average Bonchev–Trinajstić information content (AvgIpc) is 2.83. The Labute approximate surface area is 207 Å². The summed E-state index contributed by atoms with van der Waals surface area (Å²) in [6, 6.07) is 7.56. The molecule has 0 saturated heterocycles. The van der Waals surface area contributed by atoms with Gasteiger partial charge in [0.2, 0.25) is 17.7 Å². The maximum absolute atomic E-state index is 13.0. The lowest BCUT2D eigenvalue weighted by Crippen LogP contribution is -2.59. The van der Waals surface area contributed by atoms with Crippen LogP contribution in [0.3, 0.4) is 0 Å². The molecule has 0 fully saturated rings. The Bertz CT molecular complexity index is 1060. The molecule has 2 aromatic carbocycles. The van der Waals surface area contributed by atoms with Crippen LogP contribution in [0.4, 0.5) is 0 Å². The minimum absolute atomic E-state index is 0.00451. The summed E-state index contributed by atoms with van der Waals surface area (Å²) >= 11 is 0. The molecule has 0 saturated carbocycles. The molecule has 0 heterocycles. The molecule has 194 valence electrons. The summed E-state index contributed by atoms with van der Waals surface area (Å²) in [6.07, 6.45) is -1.53. The van der Waals surface area contributed by atoms with Crippen molar-refractivity contribution in [3.8, 4) is 11.5 Å². The number of aliphatic carboxylic acids is 1. The van der Waals surface area contributed by atoms with Gasteiger partial charge in [0, 0.05) is 12.8 Å². The fourth-order valence-corrected chi connectivity index (χ4v) is 3.32. The fraction of sp³-hybridized carbons (Fsp3) is 0.333. The lowest BCUT2D eigenvalue weighted by molar-refractivity contribution is -0.143. The molecule has 0 bridgehead atoms. The molecule has 2 aromatic rings. The number of nitrogens with one attached hydrogen (secondary N) is 3. The molecule has 12 nitrogen and oxygen atoms in total. The molecule has 4 unspecified atom stereocenters. The van der Waals surface area contributed by atoms with Crippen LogP contribution in [0, 0.1) is 0 Å². The van der Waals surface area contributed by atoms with E-state index in [0.29, 0.717) is 11.1 Å². The predicted molar refractivity (Wildman–Crippen MR) is 128 cm³/mol. The Morgan fingerprint density at radius 1 is 0.778 bits per heavy atom. The molecule has 3 amide bonds. The van der Waals surface area contributed by atoms with E-state index in [1.165, 1.54) is 43.3 Å². The number of aliphatic hydroxyl groups is 1. The van der Waals surface area contributed by atoms with E-state index in [2.05, 4.69) is 16.0 Å². The van der Waals surface area contributed by atoms with Crippen LogP contribution in [-0.2, 0) is 32.0 Å². The van der Waals surface area contributed by atoms with Crippen LogP contribution >= 0.6 is 0 Å². The highest BCUT2D eigenvalue weighted by Gasteiger charge is 2.32. The van der Waals surface area contributed by atoms with Gasteiger partial charge in [0.1, 0.15) is 29.6 Å². The Morgan fingerprint density at radius 2 is 1.25 bits per heavy atom. The summed E-state index contributed by atoms with van der Waals surface area (Å²) in [6.45, 7) is 0.852. The number of rotatable bonds is 12. The largest absolute Gasteiger partial charge is 0.508 e. The first-order chi connectivity index (χ1) is 17.0. The van der Waals surface area contributed by atoms with Crippen molar-refractivity contribution in [3.63, 3.8) is 0 Å². The highest BCUT2D eigenvalue weighted by Crippen LogP contribution is 2.13. The van der Waals surface area contributed by atoms with Crippen molar-refractivity contribution in [2.45, 2.75) is 44.0 Å². The Kier molecular flexibility index (Phi) is 10.2. The van der Waals surface area contributed by atoms with Gasteiger partial charge in [-0.2, -0.15) is 0 Å². The normalized spacial score (nSPS) is 14.1. The number of benzene rings is 2. The topological polar surface area (TPSA) is 211 Å². The predicted octanol–water partition coefficient (Wildman–Crippen LogP) is -1.24. The Hall–Kier alpha value is -4.16. The molecule has 0 aliphatic carbocycles. The number of aliphatic hydroxyl groups excluding tert-OH is 1. The third-order valence-corrected chi connectivity index (χ3v) is 5.27. The van der Waals surface area contributed by atoms with Crippen molar-refractivity contribution in [1.82, 2.24) is 16.0 Å². The van der Waals surface area contributed by atoms with Gasteiger partial charge in [-0.05, 0) is 42.3 Å². The monoisotopic (exact) mass is 502 g/mol. The maximum Gasteiger partial charge on any atom is 0.326 e. The standard InChI is InChI=1S/C24H30N4O8/c1-13(29)21(23(34)27-19(24(35)36)11-15-4-8-17(31)9-5-15)28-22(33)18(26-20(32)12-25)10-14-2-6-16(30)7-3-14/h2-9,13,18-19,21,29-31H,10-12,25H2,1H3,(H,26,32)(H,27,34)(H,28,33)(H,35,36). The van der Waals surface area contributed by atoms with E-state index in [1.54, 1.807) is 12.1 Å². The molecule has 0 aliphatic rings. The maximum atomic E-state index is 13.0. The molecular weight excluding hydrogens is 472 g/mol. The second-order valence-corrected chi connectivity index (χ2v) is 8.19. The number of carboxylic acids is 1. The SMILES string of the molecule is CC(O)C(NC(=O)C(Cc1ccc(O)cc1)NC(=O)CN)C(=O)NC(Cc1ccc(O)cc1)C(=O)O. The van der Waals surface area contributed by atoms with Gasteiger partial charge in [-0.25, -0.2) is 4.79 Å². The highest BCUT2D eigenvalue weighted by atomic mass is 16.4. The molecule has 36 heavy (non-hydrogen) atoms. The quantitative estimate of drug-likeness (QED) is 0.174. The summed E-state index contributed by atoms with van der Waals surface area (Å²) in [5.41, 5.74) is 6.45. The molecule has 12 heteroatoms. The van der Waals surface area contributed by atoms with Crippen LogP contribution < -0.4 is 21.7 Å². The van der Waals surface area contributed by atoms with E-state index in [0.717, 1.165) is 0 Å². The van der Waals surface area contributed by atoms with Crippen molar-refractivity contribution in [3.05, 3.63) is 59.7 Å². The number of aromatic hydroxyl groups is 2. The molecule has 4 atom stereocenters. The van der Waals surface area contributed by atoms with Gasteiger partial charge in [0.05, 0.1) is 12.6 Å². The molecule has 0 spiro atoms. The van der Waals surface area contributed by atoms with Gasteiger partial charge in [-0.3, -0.25) is 14.4 Å². The first kappa shape index (κ1) is 28.1. The number of nitrogens with two attached hydrogens (primary N) is 1. The number of phenols is 2. The smallest absolute Gasteiger partial charge is 0.326 e. The lowest BCUT2D eigenvalue weighted by Gasteiger charge is -2.26. The third-order valence-electron chi connectivity index (χ3n) is 5.27. The zero-order chi connectivity index (χ0) is 26.8. The van der Waals surface area contributed by atoms with Crippen LogP contribution in [0.5, 0.6) is 11.5 Å². The molecular formula is C24H30N4O8. The van der Waals surface area contributed by atoms with E-state index < -0.39 is 54.5 Å². The van der Waals surface area contributed by atoms with Crippen molar-refractivity contribution in [1.29, 1.82) is 0 Å². The second kappa shape index (κ2) is 13.1. The van der Waals surface area contributed by atoms with Crippen LogP contribution in [0.2, 0.25) is 0 Å². The molecule has 0 aromatic heterocycles. The van der Waals surface area contributed by atoms with E-state index in [4.69, 9.17) is 5.73 Å². The number of hydrogen-bond acceptors (Lipinski definition) is 8. The van der Waals surface area contributed by atoms with Gasteiger partial charge >= 0.3 is 5.97 Å². The zero-order valence-electron chi connectivity index (χ0n) is 19.5. The summed E-state index contributed by atoms with van der Waals surface area (Å²) in [5, 5.41) is 45.6. The van der Waals surface area contributed by atoms with Gasteiger partial charge in [0.25, 0.3) is 0 Å². The summed E-state index contributed by atoms with van der Waals surface area (Å²) in [7, 11) is 0. The number of phenolic OH excluding ortho intramolecular Hbond substituents is 2. The van der Waals surface area contributed by atoms with E-state index in [1.807, 2.05) is 0 Å². The number of carbonyl (C=O) groups excluding carboxylic acids is 3. The van der Waals surface area contributed by atoms with E-state index >= 15 is 0 Å². The molecule has 2 rings (SSSR count). The molecule has 0 radical (unpaired) electrons. The first-order valence-electron chi connectivity index (χ1n) is 11.1. The van der Waals surface area contributed by atoms with Gasteiger partial charge < -0.3 is 42.1 Å². The molecule has 9 N–H and O–H groups in total. The number of carbonyl (C=O) groups is 4. The van der Waals surface area contributed by atoms with Crippen LogP contribution in [-0.4, -0.2) is 74.9 Å². The van der Waals surface area contributed by atoms with Crippen LogP contribution in [0.15, 0.2) is 48.5 Å². The Morgan fingerprint density at radius 3 is 1.67 bits per heavy atom. The summed E-state index contributed by atoms with van der Waals surface area (Å²) in [4.78, 5) is 49.4. The molecule has 0 aliphatic heterocycles. The van der Waals surface area contributed by atoms with E-state index in [-0.39, 0.29) is 24.3 Å². The third kappa shape index (κ3) is 8.56. The zero-order valence-corrected chi connectivity index (χ0v) is 19.5.